The Morgan fingerprint density at radius 1 is 0.773 bits per heavy atom. The number of aliphatic hydroxyl groups excluding tert-OH is 1. The van der Waals surface area contributed by atoms with Crippen LogP contribution in [0.25, 0.3) is 22.3 Å². The zero-order valence-electron chi connectivity index (χ0n) is 12.0. The normalized spacial score (nSPS) is 10.2. The Balaban J connectivity index is 2.12. The number of rotatable bonds is 3. The predicted molar refractivity (Wildman–Crippen MR) is 88.0 cm³/mol. The summed E-state index contributed by atoms with van der Waals surface area (Å²) in [5.74, 6) is 0. The van der Waals surface area contributed by atoms with Gasteiger partial charge in [-0.15, -0.1) is 0 Å². The highest BCUT2D eigenvalue weighted by Gasteiger charge is 2.07. The second-order valence-corrected chi connectivity index (χ2v) is 5.10. The van der Waals surface area contributed by atoms with Crippen molar-refractivity contribution in [3.05, 3.63) is 83.9 Å². The number of nitrogens with zero attached hydrogens (tertiary/aromatic N) is 1. The van der Waals surface area contributed by atoms with E-state index in [9.17, 15) is 10.4 Å². The Kier molecular flexibility index (Phi) is 4.00. The number of aliphatic hydroxyl groups is 1. The van der Waals surface area contributed by atoms with Crippen molar-refractivity contribution in [1.82, 2.24) is 0 Å². The maximum absolute atomic E-state index is 9.32. The van der Waals surface area contributed by atoms with Gasteiger partial charge >= 0.3 is 0 Å². The largest absolute Gasteiger partial charge is 0.392 e. The molecule has 0 aliphatic heterocycles. The third-order valence-corrected chi connectivity index (χ3v) is 3.67. The molecule has 3 aromatic rings. The van der Waals surface area contributed by atoms with Gasteiger partial charge in [-0.05, 0) is 46.0 Å². The van der Waals surface area contributed by atoms with Crippen LogP contribution in [0.4, 0.5) is 0 Å². The van der Waals surface area contributed by atoms with Crippen LogP contribution in [0.5, 0.6) is 0 Å². The molecule has 0 aliphatic rings. The molecule has 0 heterocycles. The Morgan fingerprint density at radius 3 is 2.23 bits per heavy atom. The van der Waals surface area contributed by atoms with E-state index in [0.29, 0.717) is 5.56 Å². The molecule has 2 nitrogen and oxygen atoms in total. The van der Waals surface area contributed by atoms with Crippen molar-refractivity contribution in [1.29, 1.82) is 5.26 Å². The molecule has 0 aromatic heterocycles. The second kappa shape index (κ2) is 6.26. The summed E-state index contributed by atoms with van der Waals surface area (Å²) in [7, 11) is 0. The van der Waals surface area contributed by atoms with E-state index in [-0.39, 0.29) is 6.61 Å². The lowest BCUT2D eigenvalue weighted by Crippen LogP contribution is -1.90. The van der Waals surface area contributed by atoms with E-state index in [1.165, 1.54) is 0 Å². The van der Waals surface area contributed by atoms with E-state index < -0.39 is 0 Å². The quantitative estimate of drug-likeness (QED) is 0.776. The van der Waals surface area contributed by atoms with Crippen molar-refractivity contribution < 1.29 is 5.11 Å². The highest BCUT2D eigenvalue weighted by molar-refractivity contribution is 5.76. The topological polar surface area (TPSA) is 44.0 Å². The van der Waals surface area contributed by atoms with Gasteiger partial charge in [0.2, 0.25) is 0 Å². The highest BCUT2D eigenvalue weighted by Crippen LogP contribution is 2.29. The lowest BCUT2D eigenvalue weighted by atomic mass is 9.95. The van der Waals surface area contributed by atoms with Crippen molar-refractivity contribution in [3.63, 3.8) is 0 Å². The number of hydrogen-bond acceptors (Lipinski definition) is 2. The van der Waals surface area contributed by atoms with Gasteiger partial charge < -0.3 is 5.11 Å². The van der Waals surface area contributed by atoms with E-state index in [1.54, 1.807) is 12.1 Å². The molecule has 3 aromatic carbocycles. The predicted octanol–water partition coefficient (Wildman–Crippen LogP) is 4.38. The van der Waals surface area contributed by atoms with E-state index in [4.69, 9.17) is 0 Å². The maximum Gasteiger partial charge on any atom is 0.0998 e. The summed E-state index contributed by atoms with van der Waals surface area (Å²) >= 11 is 0. The molecule has 1 N–H and O–H groups in total. The van der Waals surface area contributed by atoms with Crippen LogP contribution in [-0.4, -0.2) is 5.11 Å². The van der Waals surface area contributed by atoms with Gasteiger partial charge in [0.05, 0.1) is 18.2 Å². The zero-order chi connectivity index (χ0) is 15.4. The number of benzene rings is 3. The summed E-state index contributed by atoms with van der Waals surface area (Å²) in [5.41, 5.74) is 5.50. The fourth-order valence-corrected chi connectivity index (χ4v) is 2.52. The molecule has 106 valence electrons. The molecule has 0 saturated carbocycles. The minimum absolute atomic E-state index is 0.0307. The summed E-state index contributed by atoms with van der Waals surface area (Å²) < 4.78 is 0. The van der Waals surface area contributed by atoms with Crippen molar-refractivity contribution in [2.24, 2.45) is 0 Å². The van der Waals surface area contributed by atoms with Crippen LogP contribution in [0.3, 0.4) is 0 Å². The molecule has 0 spiro atoms. The van der Waals surface area contributed by atoms with Crippen LogP contribution < -0.4 is 0 Å². The molecule has 0 fully saturated rings. The monoisotopic (exact) mass is 285 g/mol. The van der Waals surface area contributed by atoms with Crippen LogP contribution in [0, 0.1) is 11.3 Å². The first-order valence-corrected chi connectivity index (χ1v) is 7.11. The summed E-state index contributed by atoms with van der Waals surface area (Å²) in [6, 6.07) is 25.9. The molecule has 0 radical (unpaired) electrons. The Morgan fingerprint density at radius 2 is 1.50 bits per heavy atom. The first-order chi connectivity index (χ1) is 10.8. The summed E-state index contributed by atoms with van der Waals surface area (Å²) in [4.78, 5) is 0. The van der Waals surface area contributed by atoms with E-state index >= 15 is 0 Å². The van der Waals surface area contributed by atoms with Gasteiger partial charge in [-0.1, -0.05) is 54.6 Å². The standard InChI is InChI=1S/C20H15NO/c21-13-19-10-9-15(14-22)11-20(19)18-8-4-7-17(12-18)16-5-2-1-3-6-16/h1-12,22H,14H2. The fourth-order valence-electron chi connectivity index (χ4n) is 2.52. The lowest BCUT2D eigenvalue weighted by Gasteiger charge is -2.09. The van der Waals surface area contributed by atoms with Gasteiger partial charge in [0.15, 0.2) is 0 Å². The van der Waals surface area contributed by atoms with Crippen LogP contribution in [-0.2, 0) is 6.61 Å². The van der Waals surface area contributed by atoms with Crippen molar-refractivity contribution >= 4 is 0 Å². The van der Waals surface area contributed by atoms with Gasteiger partial charge in [-0.3, -0.25) is 0 Å². The van der Waals surface area contributed by atoms with Crippen LogP contribution in [0.15, 0.2) is 72.8 Å². The molecule has 2 heteroatoms. The smallest absolute Gasteiger partial charge is 0.0998 e. The fraction of sp³-hybridized carbons (Fsp3) is 0.0500. The average Bonchev–Trinajstić information content (AvgIpc) is 2.62. The molecular formula is C20H15NO. The third kappa shape index (κ3) is 2.76. The minimum atomic E-state index is -0.0307. The van der Waals surface area contributed by atoms with E-state index in [0.717, 1.165) is 27.8 Å². The van der Waals surface area contributed by atoms with E-state index in [2.05, 4.69) is 30.3 Å². The Hall–Kier alpha value is -2.89. The second-order valence-electron chi connectivity index (χ2n) is 5.10. The molecule has 0 saturated heterocycles. The van der Waals surface area contributed by atoms with Crippen LogP contribution in [0.1, 0.15) is 11.1 Å². The molecule has 0 unspecified atom stereocenters. The summed E-state index contributed by atoms with van der Waals surface area (Å²) in [6.45, 7) is -0.0307. The van der Waals surface area contributed by atoms with Gasteiger partial charge in [-0.25, -0.2) is 0 Å². The molecule has 22 heavy (non-hydrogen) atoms. The maximum atomic E-state index is 9.32. The highest BCUT2D eigenvalue weighted by atomic mass is 16.3. The summed E-state index contributed by atoms with van der Waals surface area (Å²) in [6.07, 6.45) is 0. The van der Waals surface area contributed by atoms with Gasteiger partial charge in [0.25, 0.3) is 0 Å². The molecule has 0 atom stereocenters. The number of hydrogen-bond donors (Lipinski definition) is 1. The first kappa shape index (κ1) is 14.1. The molecule has 0 bridgehead atoms. The Labute approximate surface area is 129 Å². The van der Waals surface area contributed by atoms with Gasteiger partial charge in [0.1, 0.15) is 0 Å². The Bertz CT molecular complexity index is 832. The molecule has 0 amide bonds. The summed E-state index contributed by atoms with van der Waals surface area (Å²) in [5, 5.41) is 18.6. The number of nitriles is 1. The van der Waals surface area contributed by atoms with Crippen molar-refractivity contribution in [3.8, 4) is 28.3 Å². The minimum Gasteiger partial charge on any atom is -0.392 e. The van der Waals surface area contributed by atoms with Crippen molar-refractivity contribution in [2.75, 3.05) is 0 Å². The molecular weight excluding hydrogens is 270 g/mol. The van der Waals surface area contributed by atoms with Gasteiger partial charge in [0, 0.05) is 0 Å². The average molecular weight is 285 g/mol. The van der Waals surface area contributed by atoms with E-state index in [1.807, 2.05) is 36.4 Å². The lowest BCUT2D eigenvalue weighted by molar-refractivity contribution is 0.282. The molecule has 0 aliphatic carbocycles. The van der Waals surface area contributed by atoms with Crippen LogP contribution in [0.2, 0.25) is 0 Å². The first-order valence-electron chi connectivity index (χ1n) is 7.11. The van der Waals surface area contributed by atoms with Gasteiger partial charge in [-0.2, -0.15) is 5.26 Å². The third-order valence-electron chi connectivity index (χ3n) is 3.67. The molecule has 3 rings (SSSR count). The SMILES string of the molecule is N#Cc1ccc(CO)cc1-c1cccc(-c2ccccc2)c1. The van der Waals surface area contributed by atoms with Crippen LogP contribution >= 0.6 is 0 Å². The zero-order valence-corrected chi connectivity index (χ0v) is 12.0. The van der Waals surface area contributed by atoms with Crippen molar-refractivity contribution in [2.45, 2.75) is 6.61 Å².